The fraction of sp³-hybridized carbons (Fsp3) is 0.400. The van der Waals surface area contributed by atoms with Crippen molar-refractivity contribution in [2.45, 2.75) is 32.2 Å². The van der Waals surface area contributed by atoms with Crippen LogP contribution >= 0.6 is 0 Å². The highest BCUT2D eigenvalue weighted by Gasteiger charge is 2.19. The van der Waals surface area contributed by atoms with Crippen molar-refractivity contribution in [2.24, 2.45) is 0 Å². The van der Waals surface area contributed by atoms with Crippen molar-refractivity contribution in [1.29, 1.82) is 0 Å². The maximum absolute atomic E-state index is 12.2. The van der Waals surface area contributed by atoms with E-state index in [-0.39, 0.29) is 24.5 Å². The van der Waals surface area contributed by atoms with E-state index in [4.69, 9.17) is 14.2 Å². The average molecular weight is 438 g/mol. The Hall–Kier alpha value is -3.19. The minimum Gasteiger partial charge on any atom is -0.493 e. The maximum Gasteiger partial charge on any atom is 0.258 e. The van der Waals surface area contributed by atoms with E-state index in [9.17, 15) is 4.79 Å². The van der Waals surface area contributed by atoms with Crippen molar-refractivity contribution in [3.8, 4) is 28.5 Å². The Bertz CT molecular complexity index is 1100. The molecule has 2 heterocycles. The van der Waals surface area contributed by atoms with Crippen LogP contribution in [0.15, 0.2) is 36.4 Å². The summed E-state index contributed by atoms with van der Waals surface area (Å²) in [6.45, 7) is 6.10. The molecule has 3 N–H and O–H groups in total. The van der Waals surface area contributed by atoms with E-state index in [1.807, 2.05) is 36.4 Å². The van der Waals surface area contributed by atoms with E-state index in [2.05, 4.69) is 29.5 Å². The summed E-state index contributed by atoms with van der Waals surface area (Å²) in [5.41, 5.74) is 4.28. The van der Waals surface area contributed by atoms with Crippen molar-refractivity contribution >= 4 is 16.8 Å². The first kappa shape index (κ1) is 22.0. The van der Waals surface area contributed by atoms with Gasteiger partial charge in [-0.05, 0) is 60.8 Å². The molecule has 1 amide bonds. The lowest BCUT2D eigenvalue weighted by molar-refractivity contribution is -0.123. The summed E-state index contributed by atoms with van der Waals surface area (Å²) < 4.78 is 16.7. The first-order chi connectivity index (χ1) is 15.5. The SMILES string of the molecule is COc1ccc(-c2[nH]c3ccc(OCC(=O)N[C@H]4CCNC4)cc3c2C(C)C)cc1OC. The van der Waals surface area contributed by atoms with Crippen LogP contribution in [0.25, 0.3) is 22.2 Å². The number of ether oxygens (including phenoxy) is 3. The van der Waals surface area contributed by atoms with Gasteiger partial charge in [-0.1, -0.05) is 13.8 Å². The number of amides is 1. The lowest BCUT2D eigenvalue weighted by Crippen LogP contribution is -2.39. The second-order valence-electron chi connectivity index (χ2n) is 8.39. The van der Waals surface area contributed by atoms with Gasteiger partial charge in [0.1, 0.15) is 5.75 Å². The standard InChI is InChI=1S/C25H31N3O4/c1-15(2)24-19-12-18(32-14-23(29)27-17-9-10-26-13-17)6-7-20(19)28-25(24)16-5-8-21(30-3)22(11-16)31-4/h5-8,11-12,15,17,26,28H,9-10,13-14H2,1-4H3,(H,27,29)/t17-/m0/s1. The number of methoxy groups -OCH3 is 2. The summed E-state index contributed by atoms with van der Waals surface area (Å²) in [6, 6.07) is 12.0. The van der Waals surface area contributed by atoms with Crippen LogP contribution in [0.3, 0.4) is 0 Å². The lowest BCUT2D eigenvalue weighted by atomic mass is 9.96. The molecule has 4 rings (SSSR count). The molecule has 1 aliphatic rings. The summed E-state index contributed by atoms with van der Waals surface area (Å²) in [7, 11) is 3.27. The molecule has 1 aliphatic heterocycles. The van der Waals surface area contributed by atoms with Crippen LogP contribution < -0.4 is 24.8 Å². The first-order valence-electron chi connectivity index (χ1n) is 11.0. The number of hydrogen-bond acceptors (Lipinski definition) is 5. The third-order valence-electron chi connectivity index (χ3n) is 5.86. The van der Waals surface area contributed by atoms with E-state index in [0.717, 1.165) is 41.7 Å². The second-order valence-corrected chi connectivity index (χ2v) is 8.39. The molecule has 1 fully saturated rings. The molecular weight excluding hydrogens is 406 g/mol. The number of carbonyl (C=O) groups is 1. The van der Waals surface area contributed by atoms with Crippen molar-refractivity contribution in [1.82, 2.24) is 15.6 Å². The van der Waals surface area contributed by atoms with Gasteiger partial charge < -0.3 is 29.8 Å². The molecule has 1 atom stereocenters. The number of hydrogen-bond donors (Lipinski definition) is 3. The Morgan fingerprint density at radius 1 is 1.12 bits per heavy atom. The summed E-state index contributed by atoms with van der Waals surface area (Å²) >= 11 is 0. The quantitative estimate of drug-likeness (QED) is 0.499. The molecule has 32 heavy (non-hydrogen) atoms. The number of rotatable bonds is 8. The molecule has 0 radical (unpaired) electrons. The van der Waals surface area contributed by atoms with Crippen molar-refractivity contribution in [3.63, 3.8) is 0 Å². The normalized spacial score (nSPS) is 15.8. The second kappa shape index (κ2) is 9.53. The summed E-state index contributed by atoms with van der Waals surface area (Å²) in [5.74, 6) is 2.24. The zero-order valence-electron chi connectivity index (χ0n) is 19.1. The molecule has 170 valence electrons. The van der Waals surface area contributed by atoms with E-state index < -0.39 is 0 Å². The topological polar surface area (TPSA) is 84.6 Å². The number of carbonyl (C=O) groups excluding carboxylic acids is 1. The lowest BCUT2D eigenvalue weighted by Gasteiger charge is -2.13. The number of aromatic amines is 1. The number of benzene rings is 2. The fourth-order valence-electron chi connectivity index (χ4n) is 4.30. The summed E-state index contributed by atoms with van der Waals surface area (Å²) in [4.78, 5) is 15.8. The minimum atomic E-state index is -0.0945. The molecule has 0 spiro atoms. The van der Waals surface area contributed by atoms with Crippen molar-refractivity contribution < 1.29 is 19.0 Å². The van der Waals surface area contributed by atoms with E-state index >= 15 is 0 Å². The number of nitrogens with one attached hydrogen (secondary N) is 3. The molecular formula is C25H31N3O4. The number of H-pyrrole nitrogens is 1. The zero-order chi connectivity index (χ0) is 22.7. The predicted octanol–water partition coefficient (Wildman–Crippen LogP) is 3.83. The summed E-state index contributed by atoms with van der Waals surface area (Å²) in [6.07, 6.45) is 0.956. The van der Waals surface area contributed by atoms with Gasteiger partial charge in [-0.25, -0.2) is 0 Å². The molecule has 0 unspecified atom stereocenters. The Balaban J connectivity index is 1.60. The van der Waals surface area contributed by atoms with Gasteiger partial charge in [-0.3, -0.25) is 4.79 Å². The van der Waals surface area contributed by atoms with E-state index in [0.29, 0.717) is 17.2 Å². The van der Waals surface area contributed by atoms with Crippen LogP contribution in [0.2, 0.25) is 0 Å². The van der Waals surface area contributed by atoms with E-state index in [1.54, 1.807) is 14.2 Å². The highest BCUT2D eigenvalue weighted by atomic mass is 16.5. The van der Waals surface area contributed by atoms with Gasteiger partial charge in [0.2, 0.25) is 0 Å². The van der Waals surface area contributed by atoms with Crippen molar-refractivity contribution in [2.75, 3.05) is 33.9 Å². The Kier molecular flexibility index (Phi) is 6.55. The largest absolute Gasteiger partial charge is 0.493 e. The van der Waals surface area contributed by atoms with Crippen LogP contribution in [0.5, 0.6) is 17.2 Å². The zero-order valence-corrected chi connectivity index (χ0v) is 19.1. The van der Waals surface area contributed by atoms with Crippen LogP contribution in [-0.4, -0.2) is 50.8 Å². The number of fused-ring (bicyclic) bond motifs is 1. The highest BCUT2D eigenvalue weighted by Crippen LogP contribution is 2.39. The Labute approximate surface area is 188 Å². The van der Waals surface area contributed by atoms with Crippen LogP contribution in [0.1, 0.15) is 31.7 Å². The van der Waals surface area contributed by atoms with Crippen LogP contribution in [0.4, 0.5) is 0 Å². The third-order valence-corrected chi connectivity index (χ3v) is 5.86. The molecule has 1 saturated heterocycles. The van der Waals surface area contributed by atoms with Gasteiger partial charge in [0.15, 0.2) is 18.1 Å². The average Bonchev–Trinajstić information content (AvgIpc) is 3.44. The number of aromatic nitrogens is 1. The molecule has 0 aliphatic carbocycles. The highest BCUT2D eigenvalue weighted by molar-refractivity contribution is 5.92. The van der Waals surface area contributed by atoms with Gasteiger partial charge in [-0.2, -0.15) is 0 Å². The van der Waals surface area contributed by atoms with E-state index in [1.165, 1.54) is 5.56 Å². The molecule has 0 saturated carbocycles. The van der Waals surface area contributed by atoms with Gasteiger partial charge >= 0.3 is 0 Å². The maximum atomic E-state index is 12.2. The minimum absolute atomic E-state index is 0.00593. The predicted molar refractivity (Wildman–Crippen MR) is 126 cm³/mol. The monoisotopic (exact) mass is 437 g/mol. The Morgan fingerprint density at radius 2 is 1.94 bits per heavy atom. The molecule has 1 aromatic heterocycles. The molecule has 2 aromatic carbocycles. The fourth-order valence-corrected chi connectivity index (χ4v) is 4.30. The molecule has 7 nitrogen and oxygen atoms in total. The van der Waals surface area contributed by atoms with Gasteiger partial charge in [-0.15, -0.1) is 0 Å². The summed E-state index contributed by atoms with van der Waals surface area (Å²) in [5, 5.41) is 7.34. The van der Waals surface area contributed by atoms with Gasteiger partial charge in [0, 0.05) is 29.1 Å². The Morgan fingerprint density at radius 3 is 2.62 bits per heavy atom. The molecule has 7 heteroatoms. The molecule has 0 bridgehead atoms. The molecule has 3 aromatic rings. The smallest absolute Gasteiger partial charge is 0.258 e. The van der Waals surface area contributed by atoms with Crippen molar-refractivity contribution in [3.05, 3.63) is 42.0 Å². The van der Waals surface area contributed by atoms with Crippen LogP contribution in [-0.2, 0) is 4.79 Å². The van der Waals surface area contributed by atoms with Gasteiger partial charge in [0.25, 0.3) is 5.91 Å². The van der Waals surface area contributed by atoms with Crippen LogP contribution in [0, 0.1) is 0 Å². The van der Waals surface area contributed by atoms with Gasteiger partial charge in [0.05, 0.1) is 19.9 Å². The third kappa shape index (κ3) is 4.53. The first-order valence-corrected chi connectivity index (χ1v) is 11.0.